The lowest BCUT2D eigenvalue weighted by molar-refractivity contribution is -0.0797. The summed E-state index contributed by atoms with van der Waals surface area (Å²) in [5.74, 6) is 0. The minimum Gasteiger partial charge on any atom is -0.444 e. The third kappa shape index (κ3) is 2.99. The van der Waals surface area contributed by atoms with Gasteiger partial charge in [0.25, 0.3) is 5.56 Å². The third-order valence-electron chi connectivity index (χ3n) is 3.91. The van der Waals surface area contributed by atoms with Crippen molar-refractivity contribution in [3.05, 3.63) is 40.4 Å². The van der Waals surface area contributed by atoms with Gasteiger partial charge < -0.3 is 19.4 Å². The highest BCUT2D eigenvalue weighted by Gasteiger charge is 2.43. The van der Waals surface area contributed by atoms with Crippen molar-refractivity contribution < 1.29 is 14.3 Å². The van der Waals surface area contributed by atoms with E-state index in [0.29, 0.717) is 24.1 Å². The number of amides is 1. The fourth-order valence-corrected chi connectivity index (χ4v) is 2.62. The molecule has 0 spiro atoms. The van der Waals surface area contributed by atoms with Gasteiger partial charge in [-0.15, -0.1) is 0 Å². The molecule has 1 amide bonds. The first-order chi connectivity index (χ1) is 11.2. The van der Waals surface area contributed by atoms with E-state index >= 15 is 0 Å². The number of carbonyl (C=O) groups is 1. The minimum atomic E-state index is -0.653. The summed E-state index contributed by atoms with van der Waals surface area (Å²) in [7, 11) is 1.66. The molecular weight excluding hydrogens is 310 g/mol. The van der Waals surface area contributed by atoms with Crippen LogP contribution in [0.25, 0.3) is 10.9 Å². The van der Waals surface area contributed by atoms with Crippen LogP contribution in [0.4, 0.5) is 4.79 Å². The Bertz CT molecular complexity index is 847. The van der Waals surface area contributed by atoms with E-state index in [4.69, 9.17) is 9.47 Å². The van der Waals surface area contributed by atoms with Gasteiger partial charge in [0, 0.05) is 7.05 Å². The molecule has 1 fully saturated rings. The van der Waals surface area contributed by atoms with Crippen molar-refractivity contribution in [1.29, 1.82) is 0 Å². The zero-order valence-electron chi connectivity index (χ0n) is 14.3. The number of ether oxygens (including phenoxy) is 2. The predicted octanol–water partition coefficient (Wildman–Crippen LogP) is 1.68. The molecule has 7 heteroatoms. The molecule has 0 unspecified atom stereocenters. The molecule has 0 radical (unpaired) electrons. The molecule has 2 heterocycles. The van der Waals surface area contributed by atoms with E-state index in [0.717, 1.165) is 5.56 Å². The van der Waals surface area contributed by atoms with Crippen LogP contribution in [0.15, 0.2) is 29.3 Å². The van der Waals surface area contributed by atoms with Crippen LogP contribution >= 0.6 is 0 Å². The Kier molecular flexibility index (Phi) is 3.83. The SMILES string of the molecule is Cn1cnc2cc(C3(NC(=O)OC(C)(C)C)COC3)ccc2c1=O. The maximum absolute atomic E-state index is 12.1. The number of fused-ring (bicyclic) bond motifs is 1. The number of hydrogen-bond donors (Lipinski definition) is 1. The summed E-state index contributed by atoms with van der Waals surface area (Å²) in [5, 5.41) is 3.43. The first-order valence-corrected chi connectivity index (χ1v) is 7.75. The summed E-state index contributed by atoms with van der Waals surface area (Å²) in [6.45, 7) is 6.13. The normalized spacial score (nSPS) is 16.5. The summed E-state index contributed by atoms with van der Waals surface area (Å²) < 4.78 is 12.1. The van der Waals surface area contributed by atoms with Gasteiger partial charge in [-0.25, -0.2) is 9.78 Å². The second-order valence-corrected chi connectivity index (χ2v) is 7.09. The van der Waals surface area contributed by atoms with Crippen molar-refractivity contribution in [1.82, 2.24) is 14.9 Å². The fraction of sp³-hybridized carbons (Fsp3) is 0.471. The van der Waals surface area contributed by atoms with Gasteiger partial charge in [0.1, 0.15) is 11.1 Å². The standard InChI is InChI=1S/C17H21N3O4/c1-16(2,3)24-15(22)19-17(8-23-9-17)11-5-6-12-13(7-11)18-10-20(4)14(12)21/h5-7,10H,8-9H2,1-4H3,(H,19,22). The number of nitrogens with zero attached hydrogens (tertiary/aromatic N) is 2. The van der Waals surface area contributed by atoms with Crippen molar-refractivity contribution in [3.8, 4) is 0 Å². The lowest BCUT2D eigenvalue weighted by Crippen LogP contribution is -2.60. The van der Waals surface area contributed by atoms with E-state index in [1.807, 2.05) is 32.9 Å². The molecule has 1 aromatic heterocycles. The van der Waals surface area contributed by atoms with Gasteiger partial charge in [0.2, 0.25) is 0 Å². The van der Waals surface area contributed by atoms with E-state index < -0.39 is 17.2 Å². The quantitative estimate of drug-likeness (QED) is 0.905. The Morgan fingerprint density at radius 1 is 1.38 bits per heavy atom. The molecule has 0 saturated carbocycles. The number of carbonyl (C=O) groups excluding carboxylic acids is 1. The Labute approximate surface area is 139 Å². The summed E-state index contributed by atoms with van der Waals surface area (Å²) in [4.78, 5) is 28.6. The maximum Gasteiger partial charge on any atom is 0.408 e. The van der Waals surface area contributed by atoms with Crippen LogP contribution in [0.2, 0.25) is 0 Å². The zero-order valence-corrected chi connectivity index (χ0v) is 14.3. The summed E-state index contributed by atoms with van der Waals surface area (Å²) in [6.07, 6.45) is 0.988. The van der Waals surface area contributed by atoms with Crippen molar-refractivity contribution in [2.45, 2.75) is 31.9 Å². The summed E-state index contributed by atoms with van der Waals surface area (Å²) in [5.41, 5.74) is 0.0954. The number of hydrogen-bond acceptors (Lipinski definition) is 5. The molecule has 1 aromatic carbocycles. The van der Waals surface area contributed by atoms with Gasteiger partial charge in [0.15, 0.2) is 0 Å². The Morgan fingerprint density at radius 3 is 2.67 bits per heavy atom. The Morgan fingerprint density at radius 2 is 2.08 bits per heavy atom. The molecule has 0 bridgehead atoms. The van der Waals surface area contributed by atoms with E-state index in [2.05, 4.69) is 10.3 Å². The topological polar surface area (TPSA) is 82.5 Å². The number of aromatic nitrogens is 2. The minimum absolute atomic E-state index is 0.106. The molecule has 24 heavy (non-hydrogen) atoms. The van der Waals surface area contributed by atoms with Crippen LogP contribution in [0, 0.1) is 0 Å². The first-order valence-electron chi connectivity index (χ1n) is 7.75. The molecule has 3 rings (SSSR count). The molecule has 2 aromatic rings. The fourth-order valence-electron chi connectivity index (χ4n) is 2.62. The molecular formula is C17H21N3O4. The van der Waals surface area contributed by atoms with E-state index in [9.17, 15) is 9.59 Å². The van der Waals surface area contributed by atoms with Gasteiger partial charge in [-0.1, -0.05) is 6.07 Å². The zero-order chi connectivity index (χ0) is 17.5. The van der Waals surface area contributed by atoms with Crippen LogP contribution in [0.5, 0.6) is 0 Å². The summed E-state index contributed by atoms with van der Waals surface area (Å²) >= 11 is 0. The van der Waals surface area contributed by atoms with Gasteiger partial charge in [0.05, 0.1) is 30.4 Å². The van der Waals surface area contributed by atoms with E-state index in [1.54, 1.807) is 13.1 Å². The van der Waals surface area contributed by atoms with Crippen LogP contribution < -0.4 is 10.9 Å². The molecule has 1 N–H and O–H groups in total. The highest BCUT2D eigenvalue weighted by molar-refractivity contribution is 5.79. The molecule has 128 valence electrons. The second kappa shape index (κ2) is 5.59. The highest BCUT2D eigenvalue weighted by Crippen LogP contribution is 2.31. The third-order valence-corrected chi connectivity index (χ3v) is 3.91. The smallest absolute Gasteiger partial charge is 0.408 e. The highest BCUT2D eigenvalue weighted by atomic mass is 16.6. The number of rotatable bonds is 2. The average molecular weight is 331 g/mol. The van der Waals surface area contributed by atoms with Gasteiger partial charge in [-0.2, -0.15) is 0 Å². The van der Waals surface area contributed by atoms with E-state index in [-0.39, 0.29) is 5.56 Å². The average Bonchev–Trinajstić information content (AvgIpc) is 2.45. The van der Waals surface area contributed by atoms with Gasteiger partial charge >= 0.3 is 6.09 Å². The number of aryl methyl sites for hydroxylation is 1. The van der Waals surface area contributed by atoms with Gasteiger partial charge in [-0.3, -0.25) is 4.79 Å². The maximum atomic E-state index is 12.1. The van der Waals surface area contributed by atoms with Crippen molar-refractivity contribution >= 4 is 17.0 Å². The van der Waals surface area contributed by atoms with Crippen LogP contribution in [0.3, 0.4) is 0 Å². The Hall–Kier alpha value is -2.41. The van der Waals surface area contributed by atoms with Crippen molar-refractivity contribution in [2.24, 2.45) is 7.05 Å². The molecule has 0 aliphatic carbocycles. The second-order valence-electron chi connectivity index (χ2n) is 7.09. The number of benzene rings is 1. The molecule has 1 aliphatic rings. The monoisotopic (exact) mass is 331 g/mol. The molecule has 1 aliphatic heterocycles. The number of alkyl carbamates (subject to hydrolysis) is 1. The number of nitrogens with one attached hydrogen (secondary N) is 1. The van der Waals surface area contributed by atoms with Crippen LogP contribution in [-0.2, 0) is 22.1 Å². The van der Waals surface area contributed by atoms with Crippen LogP contribution in [-0.4, -0.2) is 34.5 Å². The predicted molar refractivity (Wildman–Crippen MR) is 88.9 cm³/mol. The molecule has 7 nitrogen and oxygen atoms in total. The Balaban J connectivity index is 1.93. The van der Waals surface area contributed by atoms with Crippen molar-refractivity contribution in [3.63, 3.8) is 0 Å². The molecule has 1 saturated heterocycles. The first kappa shape index (κ1) is 16.4. The van der Waals surface area contributed by atoms with Crippen molar-refractivity contribution in [2.75, 3.05) is 13.2 Å². The van der Waals surface area contributed by atoms with Crippen LogP contribution in [0.1, 0.15) is 26.3 Å². The lowest BCUT2D eigenvalue weighted by atomic mass is 9.87. The van der Waals surface area contributed by atoms with Gasteiger partial charge in [-0.05, 0) is 38.5 Å². The summed E-state index contributed by atoms with van der Waals surface area (Å²) in [6, 6.07) is 5.37. The lowest BCUT2D eigenvalue weighted by Gasteiger charge is -2.42. The molecule has 0 atom stereocenters. The largest absolute Gasteiger partial charge is 0.444 e. The van der Waals surface area contributed by atoms with E-state index in [1.165, 1.54) is 10.9 Å².